The summed E-state index contributed by atoms with van der Waals surface area (Å²) in [5.41, 5.74) is 3.51. The van der Waals surface area contributed by atoms with Gasteiger partial charge in [0.25, 0.3) is 0 Å². The average Bonchev–Trinajstić information content (AvgIpc) is 2.71. The van der Waals surface area contributed by atoms with Crippen molar-refractivity contribution < 1.29 is 0 Å². The van der Waals surface area contributed by atoms with E-state index in [9.17, 15) is 0 Å². The van der Waals surface area contributed by atoms with Gasteiger partial charge in [0, 0.05) is 6.54 Å². The summed E-state index contributed by atoms with van der Waals surface area (Å²) in [5, 5.41) is 3.47. The van der Waals surface area contributed by atoms with Crippen molar-refractivity contribution in [3.05, 3.63) is 11.1 Å². The van der Waals surface area contributed by atoms with Crippen LogP contribution in [0.2, 0.25) is 0 Å². The number of hydrogen-bond acceptors (Lipinski definition) is 1. The van der Waals surface area contributed by atoms with Gasteiger partial charge < -0.3 is 5.32 Å². The van der Waals surface area contributed by atoms with E-state index in [1.807, 2.05) is 0 Å². The summed E-state index contributed by atoms with van der Waals surface area (Å²) in [4.78, 5) is 0. The molecule has 0 bridgehead atoms. The Morgan fingerprint density at radius 3 is 2.50 bits per heavy atom. The Kier molecular flexibility index (Phi) is 3.27. The molecule has 1 aliphatic heterocycles. The maximum atomic E-state index is 3.47. The Hall–Kier alpha value is -0.300. The molecule has 1 N–H and O–H groups in total. The van der Waals surface area contributed by atoms with E-state index in [0.29, 0.717) is 0 Å². The molecule has 80 valence electrons. The molecule has 0 amide bonds. The highest BCUT2D eigenvalue weighted by Gasteiger charge is 2.21. The molecule has 0 aromatic carbocycles. The van der Waals surface area contributed by atoms with Crippen LogP contribution in [0.3, 0.4) is 0 Å². The number of nitrogens with one attached hydrogen (secondary N) is 1. The Balaban J connectivity index is 1.99. The molecule has 0 radical (unpaired) electrons. The second-order valence-electron chi connectivity index (χ2n) is 5.16. The van der Waals surface area contributed by atoms with Crippen LogP contribution in [0.25, 0.3) is 0 Å². The van der Waals surface area contributed by atoms with Gasteiger partial charge in [-0.05, 0) is 57.4 Å². The van der Waals surface area contributed by atoms with Crippen molar-refractivity contribution in [2.75, 3.05) is 13.1 Å². The SMILES string of the molecule is CC(=C1CCC(C)CC1)C1CCNC1. The van der Waals surface area contributed by atoms with Crippen LogP contribution in [0.1, 0.15) is 46.0 Å². The van der Waals surface area contributed by atoms with Crippen molar-refractivity contribution in [3.8, 4) is 0 Å². The van der Waals surface area contributed by atoms with E-state index in [-0.39, 0.29) is 0 Å². The Morgan fingerprint density at radius 2 is 1.93 bits per heavy atom. The normalized spacial score (nSPS) is 33.4. The third kappa shape index (κ3) is 2.20. The van der Waals surface area contributed by atoms with E-state index in [2.05, 4.69) is 19.2 Å². The molecule has 1 heteroatoms. The first kappa shape index (κ1) is 10.2. The van der Waals surface area contributed by atoms with Gasteiger partial charge >= 0.3 is 0 Å². The molecule has 0 spiro atoms. The topological polar surface area (TPSA) is 12.0 Å². The first-order valence-corrected chi connectivity index (χ1v) is 6.16. The van der Waals surface area contributed by atoms with Crippen LogP contribution < -0.4 is 5.32 Å². The van der Waals surface area contributed by atoms with E-state index in [1.165, 1.54) is 45.2 Å². The molecule has 1 atom stereocenters. The predicted octanol–water partition coefficient (Wildman–Crippen LogP) is 3.12. The highest BCUT2D eigenvalue weighted by Crippen LogP contribution is 2.33. The molecule has 0 aromatic rings. The fraction of sp³-hybridized carbons (Fsp3) is 0.846. The highest BCUT2D eigenvalue weighted by atomic mass is 14.9. The van der Waals surface area contributed by atoms with Crippen molar-refractivity contribution in [3.63, 3.8) is 0 Å². The third-order valence-corrected chi connectivity index (χ3v) is 4.11. The van der Waals surface area contributed by atoms with E-state index in [4.69, 9.17) is 0 Å². The monoisotopic (exact) mass is 193 g/mol. The Labute approximate surface area is 88.0 Å². The van der Waals surface area contributed by atoms with Gasteiger partial charge in [-0.3, -0.25) is 0 Å². The summed E-state index contributed by atoms with van der Waals surface area (Å²) in [6.07, 6.45) is 6.97. The Bertz CT molecular complexity index is 213. The third-order valence-electron chi connectivity index (χ3n) is 4.11. The van der Waals surface area contributed by atoms with Crippen LogP contribution >= 0.6 is 0 Å². The minimum absolute atomic E-state index is 0.860. The lowest BCUT2D eigenvalue weighted by Crippen LogP contribution is -2.13. The molecular formula is C13H23N. The highest BCUT2D eigenvalue weighted by molar-refractivity contribution is 5.18. The van der Waals surface area contributed by atoms with Crippen LogP contribution in [-0.2, 0) is 0 Å². The Morgan fingerprint density at radius 1 is 1.21 bits per heavy atom. The fourth-order valence-electron chi connectivity index (χ4n) is 2.82. The van der Waals surface area contributed by atoms with Crippen molar-refractivity contribution in [2.24, 2.45) is 11.8 Å². The molecule has 1 unspecified atom stereocenters. The maximum absolute atomic E-state index is 3.47. The van der Waals surface area contributed by atoms with Gasteiger partial charge in [0.1, 0.15) is 0 Å². The van der Waals surface area contributed by atoms with Crippen molar-refractivity contribution in [1.29, 1.82) is 0 Å². The van der Waals surface area contributed by atoms with Gasteiger partial charge in [-0.15, -0.1) is 0 Å². The zero-order valence-electron chi connectivity index (χ0n) is 9.60. The van der Waals surface area contributed by atoms with Crippen molar-refractivity contribution in [1.82, 2.24) is 5.32 Å². The van der Waals surface area contributed by atoms with Gasteiger partial charge in [0.2, 0.25) is 0 Å². The molecule has 1 aliphatic carbocycles. The summed E-state index contributed by atoms with van der Waals surface area (Å²) in [6, 6.07) is 0. The molecule has 14 heavy (non-hydrogen) atoms. The van der Waals surface area contributed by atoms with Gasteiger partial charge in [-0.1, -0.05) is 18.1 Å². The zero-order chi connectivity index (χ0) is 9.97. The number of rotatable bonds is 1. The summed E-state index contributed by atoms with van der Waals surface area (Å²) >= 11 is 0. The summed E-state index contributed by atoms with van der Waals surface area (Å²) < 4.78 is 0. The summed E-state index contributed by atoms with van der Waals surface area (Å²) in [6.45, 7) is 7.23. The van der Waals surface area contributed by atoms with E-state index >= 15 is 0 Å². The molecule has 2 rings (SSSR count). The van der Waals surface area contributed by atoms with E-state index in [0.717, 1.165) is 11.8 Å². The minimum atomic E-state index is 0.860. The second kappa shape index (κ2) is 4.48. The zero-order valence-corrected chi connectivity index (χ0v) is 9.60. The molecule has 1 nitrogen and oxygen atoms in total. The minimum Gasteiger partial charge on any atom is -0.316 e. The summed E-state index contributed by atoms with van der Waals surface area (Å²) in [7, 11) is 0. The van der Waals surface area contributed by atoms with Gasteiger partial charge in [-0.25, -0.2) is 0 Å². The van der Waals surface area contributed by atoms with Crippen molar-refractivity contribution >= 4 is 0 Å². The molecule has 1 saturated heterocycles. The van der Waals surface area contributed by atoms with Crippen LogP contribution in [0.4, 0.5) is 0 Å². The smallest absolute Gasteiger partial charge is 0.00173 e. The first-order valence-electron chi connectivity index (χ1n) is 6.16. The van der Waals surface area contributed by atoms with Gasteiger partial charge in [0.05, 0.1) is 0 Å². The second-order valence-corrected chi connectivity index (χ2v) is 5.16. The lowest BCUT2D eigenvalue weighted by atomic mass is 9.82. The molecule has 1 heterocycles. The molecule has 2 aliphatic rings. The van der Waals surface area contributed by atoms with Crippen LogP contribution in [-0.4, -0.2) is 13.1 Å². The first-order chi connectivity index (χ1) is 6.77. The fourth-order valence-corrected chi connectivity index (χ4v) is 2.82. The van der Waals surface area contributed by atoms with Crippen LogP contribution in [0.15, 0.2) is 11.1 Å². The predicted molar refractivity (Wildman–Crippen MR) is 61.3 cm³/mol. The molecule has 2 fully saturated rings. The van der Waals surface area contributed by atoms with Gasteiger partial charge in [-0.2, -0.15) is 0 Å². The van der Waals surface area contributed by atoms with Crippen molar-refractivity contribution in [2.45, 2.75) is 46.0 Å². The largest absolute Gasteiger partial charge is 0.316 e. The van der Waals surface area contributed by atoms with E-state index < -0.39 is 0 Å². The molecular weight excluding hydrogens is 170 g/mol. The standard InChI is InChI=1S/C13H23N/c1-10-3-5-12(6-4-10)11(2)13-7-8-14-9-13/h10,13-14H,3-9H2,1-2H3. The lowest BCUT2D eigenvalue weighted by Gasteiger charge is -2.24. The van der Waals surface area contributed by atoms with E-state index in [1.54, 1.807) is 11.1 Å². The average molecular weight is 193 g/mol. The molecule has 1 saturated carbocycles. The van der Waals surface area contributed by atoms with Crippen LogP contribution in [0, 0.1) is 11.8 Å². The quantitative estimate of drug-likeness (QED) is 0.631. The maximum Gasteiger partial charge on any atom is 0.00173 e. The van der Waals surface area contributed by atoms with Gasteiger partial charge in [0.15, 0.2) is 0 Å². The molecule has 0 aromatic heterocycles. The summed E-state index contributed by atoms with van der Waals surface area (Å²) in [5.74, 6) is 1.83. The van der Waals surface area contributed by atoms with Crippen LogP contribution in [0.5, 0.6) is 0 Å². The number of allylic oxidation sites excluding steroid dienone is 1. The lowest BCUT2D eigenvalue weighted by molar-refractivity contribution is 0.436. The number of hydrogen-bond donors (Lipinski definition) is 1.